The molecule has 0 bridgehead atoms. The molecule has 0 amide bonds. The van der Waals surface area contributed by atoms with Crippen LogP contribution in [-0.2, 0) is 6.54 Å². The first-order chi connectivity index (χ1) is 11.6. The molecular formula is C19H18N2O2S. The number of aryl methyl sites for hydroxylation is 1. The number of rotatable bonds is 4. The van der Waals surface area contributed by atoms with Gasteiger partial charge in [-0.2, -0.15) is 0 Å². The summed E-state index contributed by atoms with van der Waals surface area (Å²) in [5, 5.41) is 0. The van der Waals surface area contributed by atoms with Crippen LogP contribution in [0.25, 0.3) is 5.69 Å². The van der Waals surface area contributed by atoms with Crippen molar-refractivity contribution in [3.63, 3.8) is 0 Å². The summed E-state index contributed by atoms with van der Waals surface area (Å²) in [5.74, 6) is 0. The molecule has 0 radical (unpaired) electrons. The molecule has 0 saturated heterocycles. The highest BCUT2D eigenvalue weighted by Crippen LogP contribution is 2.15. The Morgan fingerprint density at radius 1 is 0.958 bits per heavy atom. The molecule has 24 heavy (non-hydrogen) atoms. The number of nitrogens with zero attached hydrogens (tertiary/aromatic N) is 2. The van der Waals surface area contributed by atoms with Crippen LogP contribution in [0.5, 0.6) is 0 Å². The largest absolute Gasteiger partial charge is 0.336 e. The van der Waals surface area contributed by atoms with Crippen LogP contribution in [0.15, 0.2) is 75.1 Å². The van der Waals surface area contributed by atoms with Crippen LogP contribution < -0.4 is 11.2 Å². The second-order valence-corrected chi connectivity index (χ2v) is 6.39. The van der Waals surface area contributed by atoms with Crippen LogP contribution in [0.4, 0.5) is 0 Å². The number of thioether (sulfide) groups is 1. The molecular weight excluding hydrogens is 320 g/mol. The van der Waals surface area contributed by atoms with E-state index >= 15 is 0 Å². The third-order valence-electron chi connectivity index (χ3n) is 3.89. The Hall–Kier alpha value is -2.53. The monoisotopic (exact) mass is 338 g/mol. The van der Waals surface area contributed by atoms with E-state index in [1.54, 1.807) is 23.3 Å². The molecule has 0 saturated carbocycles. The molecule has 0 fully saturated rings. The Kier molecular flexibility index (Phi) is 4.71. The quantitative estimate of drug-likeness (QED) is 0.687. The van der Waals surface area contributed by atoms with Gasteiger partial charge in [-0.25, -0.2) is 4.79 Å². The van der Waals surface area contributed by atoms with Gasteiger partial charge in [-0.3, -0.25) is 13.9 Å². The smallest absolute Gasteiger partial charge is 0.269 e. The van der Waals surface area contributed by atoms with Crippen LogP contribution in [0, 0.1) is 6.92 Å². The van der Waals surface area contributed by atoms with E-state index in [4.69, 9.17) is 0 Å². The molecule has 0 aliphatic carbocycles. The van der Waals surface area contributed by atoms with Gasteiger partial charge >= 0.3 is 5.69 Å². The van der Waals surface area contributed by atoms with Gasteiger partial charge < -0.3 is 0 Å². The van der Waals surface area contributed by atoms with Crippen LogP contribution in [0.2, 0.25) is 0 Å². The molecule has 1 heterocycles. The maximum Gasteiger partial charge on any atom is 0.336 e. The molecule has 1 aromatic heterocycles. The lowest BCUT2D eigenvalue weighted by Gasteiger charge is -2.13. The van der Waals surface area contributed by atoms with Gasteiger partial charge in [-0.15, -0.1) is 11.8 Å². The summed E-state index contributed by atoms with van der Waals surface area (Å²) in [6, 6.07) is 18.7. The van der Waals surface area contributed by atoms with Crippen molar-refractivity contribution < 1.29 is 0 Å². The van der Waals surface area contributed by atoms with Crippen molar-refractivity contribution in [2.75, 3.05) is 6.26 Å². The third kappa shape index (κ3) is 3.21. The first-order valence-electron chi connectivity index (χ1n) is 7.62. The molecule has 3 rings (SSSR count). The Bertz CT molecular complexity index is 957. The lowest BCUT2D eigenvalue weighted by atomic mass is 10.2. The van der Waals surface area contributed by atoms with Crippen molar-refractivity contribution in [2.45, 2.75) is 18.4 Å². The molecule has 0 atom stereocenters. The Morgan fingerprint density at radius 2 is 1.62 bits per heavy atom. The fourth-order valence-electron chi connectivity index (χ4n) is 2.64. The van der Waals surface area contributed by atoms with Gasteiger partial charge in [-0.05, 0) is 43.0 Å². The Balaban J connectivity index is 2.08. The van der Waals surface area contributed by atoms with Gasteiger partial charge in [0.1, 0.15) is 0 Å². The Morgan fingerprint density at radius 3 is 2.25 bits per heavy atom. The van der Waals surface area contributed by atoms with Crippen molar-refractivity contribution in [3.8, 4) is 5.69 Å². The maximum absolute atomic E-state index is 12.9. The third-order valence-corrected chi connectivity index (χ3v) is 4.63. The van der Waals surface area contributed by atoms with Gasteiger partial charge in [0.05, 0.1) is 12.2 Å². The maximum atomic E-state index is 12.9. The molecule has 5 heteroatoms. The minimum atomic E-state index is -0.319. The molecule has 2 aromatic carbocycles. The lowest BCUT2D eigenvalue weighted by Crippen LogP contribution is -2.40. The highest BCUT2D eigenvalue weighted by molar-refractivity contribution is 7.98. The predicted molar refractivity (Wildman–Crippen MR) is 98.4 cm³/mol. The lowest BCUT2D eigenvalue weighted by molar-refractivity contribution is 0.658. The Labute approximate surface area is 144 Å². The number of hydrogen-bond acceptors (Lipinski definition) is 3. The van der Waals surface area contributed by atoms with E-state index in [9.17, 15) is 9.59 Å². The van der Waals surface area contributed by atoms with Gasteiger partial charge in [0, 0.05) is 16.7 Å². The summed E-state index contributed by atoms with van der Waals surface area (Å²) in [6.45, 7) is 2.03. The summed E-state index contributed by atoms with van der Waals surface area (Å²) in [5.41, 5.74) is 1.71. The summed E-state index contributed by atoms with van der Waals surface area (Å²) < 4.78 is 2.84. The fraction of sp³-hybridized carbons (Fsp3) is 0.158. The van der Waals surface area contributed by atoms with E-state index in [1.165, 1.54) is 10.6 Å². The van der Waals surface area contributed by atoms with E-state index in [-0.39, 0.29) is 17.8 Å². The highest BCUT2D eigenvalue weighted by Gasteiger charge is 2.11. The van der Waals surface area contributed by atoms with Crippen molar-refractivity contribution in [1.82, 2.24) is 9.13 Å². The van der Waals surface area contributed by atoms with Gasteiger partial charge in [0.2, 0.25) is 0 Å². The molecule has 3 aromatic rings. The second kappa shape index (κ2) is 6.93. The zero-order chi connectivity index (χ0) is 17.1. The van der Waals surface area contributed by atoms with E-state index in [0.29, 0.717) is 5.69 Å². The molecule has 0 unspecified atom stereocenters. The molecule has 0 N–H and O–H groups in total. The van der Waals surface area contributed by atoms with Crippen LogP contribution >= 0.6 is 11.8 Å². The van der Waals surface area contributed by atoms with E-state index in [1.807, 2.05) is 60.9 Å². The highest BCUT2D eigenvalue weighted by atomic mass is 32.2. The van der Waals surface area contributed by atoms with Gasteiger partial charge in [-0.1, -0.05) is 30.3 Å². The normalized spacial score (nSPS) is 10.8. The average molecular weight is 338 g/mol. The minimum Gasteiger partial charge on any atom is -0.269 e. The second-order valence-electron chi connectivity index (χ2n) is 5.51. The average Bonchev–Trinajstić information content (AvgIpc) is 2.60. The molecule has 0 aliphatic heterocycles. The molecule has 0 aliphatic rings. The van der Waals surface area contributed by atoms with Crippen LogP contribution in [-0.4, -0.2) is 15.4 Å². The summed E-state index contributed by atoms with van der Waals surface area (Å²) in [7, 11) is 0. The van der Waals surface area contributed by atoms with Crippen molar-refractivity contribution in [2.24, 2.45) is 0 Å². The minimum absolute atomic E-state index is 0.263. The van der Waals surface area contributed by atoms with Crippen molar-refractivity contribution >= 4 is 11.8 Å². The zero-order valence-corrected chi connectivity index (χ0v) is 14.4. The zero-order valence-electron chi connectivity index (χ0n) is 13.6. The topological polar surface area (TPSA) is 44.0 Å². The standard InChI is InChI=1S/C19H18N2O2S/c1-14-12-18(22)20(13-15-8-10-17(24-2)11-9-15)19(23)21(14)16-6-4-3-5-7-16/h3-12H,13H2,1-2H3. The number of benzene rings is 2. The van der Waals surface area contributed by atoms with E-state index in [2.05, 4.69) is 0 Å². The van der Waals surface area contributed by atoms with Gasteiger partial charge in [0.25, 0.3) is 5.56 Å². The van der Waals surface area contributed by atoms with E-state index in [0.717, 1.165) is 16.1 Å². The molecule has 0 spiro atoms. The summed E-state index contributed by atoms with van der Waals surface area (Å²) in [6.07, 6.45) is 2.01. The molecule has 4 nitrogen and oxygen atoms in total. The fourth-order valence-corrected chi connectivity index (χ4v) is 3.05. The first kappa shape index (κ1) is 16.3. The van der Waals surface area contributed by atoms with Crippen LogP contribution in [0.1, 0.15) is 11.3 Å². The van der Waals surface area contributed by atoms with Crippen molar-refractivity contribution in [1.29, 1.82) is 0 Å². The molecule has 122 valence electrons. The summed E-state index contributed by atoms with van der Waals surface area (Å²) >= 11 is 1.66. The number of hydrogen-bond donors (Lipinski definition) is 0. The number of para-hydroxylation sites is 1. The van der Waals surface area contributed by atoms with Crippen molar-refractivity contribution in [3.05, 3.63) is 92.8 Å². The SMILES string of the molecule is CSc1ccc(Cn2c(=O)cc(C)n(-c3ccccc3)c2=O)cc1. The predicted octanol–water partition coefficient (Wildman–Crippen LogP) is 3.08. The van der Waals surface area contributed by atoms with Crippen LogP contribution in [0.3, 0.4) is 0 Å². The summed E-state index contributed by atoms with van der Waals surface area (Å²) in [4.78, 5) is 26.3. The number of aromatic nitrogens is 2. The van der Waals surface area contributed by atoms with E-state index < -0.39 is 0 Å². The van der Waals surface area contributed by atoms with Gasteiger partial charge in [0.15, 0.2) is 0 Å². The first-order valence-corrected chi connectivity index (χ1v) is 8.84.